The molecule has 1 aromatic heterocycles. The van der Waals surface area contributed by atoms with E-state index in [0.29, 0.717) is 36.7 Å². The van der Waals surface area contributed by atoms with Crippen LogP contribution in [0.3, 0.4) is 0 Å². The first-order chi connectivity index (χ1) is 12.1. The topological polar surface area (TPSA) is 68.5 Å². The molecule has 2 saturated carbocycles. The van der Waals surface area contributed by atoms with Crippen molar-refractivity contribution in [1.29, 1.82) is 0 Å². The molecule has 2 atom stereocenters. The largest absolute Gasteiger partial charge is 0.378 e. The Balaban J connectivity index is 1.54. The summed E-state index contributed by atoms with van der Waals surface area (Å²) in [4.78, 5) is 18.9. The maximum atomic E-state index is 12.7. The molecule has 3 rings (SSSR count). The molecule has 2 aliphatic rings. The fraction of sp³-hybridized carbons (Fsp3) is 0.842. The minimum absolute atomic E-state index is 0.197. The van der Waals surface area contributed by atoms with E-state index in [1.165, 1.54) is 32.1 Å². The normalized spacial score (nSPS) is 24.9. The molecule has 2 aliphatic carbocycles. The van der Waals surface area contributed by atoms with Crippen LogP contribution in [0.5, 0.6) is 0 Å². The van der Waals surface area contributed by atoms with Gasteiger partial charge in [0.2, 0.25) is 11.8 Å². The number of carbonyl (C=O) groups excluding carboxylic acids is 1. The molecule has 0 aromatic carbocycles. The number of aryl methyl sites for hydroxylation is 2. The van der Waals surface area contributed by atoms with E-state index in [-0.39, 0.29) is 11.3 Å². The van der Waals surface area contributed by atoms with Crippen molar-refractivity contribution in [2.75, 3.05) is 13.7 Å². The molecule has 25 heavy (non-hydrogen) atoms. The summed E-state index contributed by atoms with van der Waals surface area (Å²) in [6.07, 6.45) is 9.49. The molecule has 1 heterocycles. The molecule has 6 nitrogen and oxygen atoms in total. The molecular formula is C19H31N3O3. The van der Waals surface area contributed by atoms with Crippen LogP contribution in [0.15, 0.2) is 4.52 Å². The number of hydrogen-bond donors (Lipinski definition) is 0. The van der Waals surface area contributed by atoms with Crippen LogP contribution < -0.4 is 0 Å². The molecular weight excluding hydrogens is 318 g/mol. The van der Waals surface area contributed by atoms with Gasteiger partial charge < -0.3 is 14.2 Å². The Morgan fingerprint density at radius 3 is 2.76 bits per heavy atom. The van der Waals surface area contributed by atoms with Gasteiger partial charge in [-0.05, 0) is 39.5 Å². The van der Waals surface area contributed by atoms with Gasteiger partial charge >= 0.3 is 0 Å². The van der Waals surface area contributed by atoms with Gasteiger partial charge in [0.1, 0.15) is 0 Å². The second-order valence-corrected chi connectivity index (χ2v) is 7.58. The lowest BCUT2D eigenvalue weighted by Gasteiger charge is -2.60. The predicted molar refractivity (Wildman–Crippen MR) is 94.1 cm³/mol. The number of aromatic nitrogens is 2. The summed E-state index contributed by atoms with van der Waals surface area (Å²) in [6, 6.07) is 0.336. The van der Waals surface area contributed by atoms with E-state index in [9.17, 15) is 4.79 Å². The highest BCUT2D eigenvalue weighted by Gasteiger charge is 2.57. The Morgan fingerprint density at radius 1 is 1.36 bits per heavy atom. The van der Waals surface area contributed by atoms with Crippen molar-refractivity contribution < 1.29 is 14.1 Å². The van der Waals surface area contributed by atoms with Gasteiger partial charge in [0.25, 0.3) is 0 Å². The number of ether oxygens (including phenoxy) is 1. The number of carbonyl (C=O) groups is 1. The molecule has 0 aliphatic heterocycles. The molecule has 0 N–H and O–H groups in total. The molecule has 1 spiro atoms. The lowest BCUT2D eigenvalue weighted by molar-refractivity contribution is -0.185. The van der Waals surface area contributed by atoms with Crippen LogP contribution in [0.25, 0.3) is 0 Å². The van der Waals surface area contributed by atoms with E-state index in [4.69, 9.17) is 9.26 Å². The van der Waals surface area contributed by atoms with Crippen LogP contribution in [0.1, 0.15) is 70.0 Å². The average molecular weight is 349 g/mol. The smallest absolute Gasteiger partial charge is 0.226 e. The van der Waals surface area contributed by atoms with Gasteiger partial charge in [0.15, 0.2) is 5.82 Å². The zero-order valence-electron chi connectivity index (χ0n) is 15.8. The van der Waals surface area contributed by atoms with E-state index in [0.717, 1.165) is 19.4 Å². The number of nitrogens with zero attached hydrogens (tertiary/aromatic N) is 3. The first-order valence-electron chi connectivity index (χ1n) is 9.73. The van der Waals surface area contributed by atoms with Crippen LogP contribution in [0.4, 0.5) is 0 Å². The quantitative estimate of drug-likeness (QED) is 0.755. The maximum absolute atomic E-state index is 12.7. The van der Waals surface area contributed by atoms with Gasteiger partial charge in [-0.2, -0.15) is 4.98 Å². The van der Waals surface area contributed by atoms with Gasteiger partial charge in [-0.15, -0.1) is 0 Å². The van der Waals surface area contributed by atoms with E-state index in [1.54, 1.807) is 6.92 Å². The Morgan fingerprint density at radius 2 is 2.12 bits per heavy atom. The highest BCUT2D eigenvalue weighted by atomic mass is 16.5. The van der Waals surface area contributed by atoms with Gasteiger partial charge in [0.05, 0.1) is 6.10 Å². The van der Waals surface area contributed by atoms with Crippen LogP contribution in [0.2, 0.25) is 0 Å². The molecule has 140 valence electrons. The van der Waals surface area contributed by atoms with Crippen LogP contribution in [-0.2, 0) is 16.0 Å². The van der Waals surface area contributed by atoms with Crippen molar-refractivity contribution in [2.24, 2.45) is 5.41 Å². The molecule has 0 bridgehead atoms. The van der Waals surface area contributed by atoms with Crippen molar-refractivity contribution in [3.63, 3.8) is 0 Å². The summed E-state index contributed by atoms with van der Waals surface area (Å²) in [5.74, 6) is 1.49. The molecule has 0 saturated heterocycles. The molecule has 2 fully saturated rings. The number of hydrogen-bond acceptors (Lipinski definition) is 5. The summed E-state index contributed by atoms with van der Waals surface area (Å²) in [5.41, 5.74) is 0.197. The Bertz CT molecular complexity index is 580. The number of rotatable bonds is 7. The van der Waals surface area contributed by atoms with Crippen LogP contribution in [0, 0.1) is 12.3 Å². The zero-order valence-corrected chi connectivity index (χ0v) is 15.8. The molecule has 0 unspecified atom stereocenters. The summed E-state index contributed by atoms with van der Waals surface area (Å²) in [6.45, 7) is 4.64. The van der Waals surface area contributed by atoms with Crippen molar-refractivity contribution in [2.45, 2.75) is 83.8 Å². The highest BCUT2D eigenvalue weighted by Crippen LogP contribution is 2.55. The van der Waals surface area contributed by atoms with E-state index in [1.807, 2.05) is 11.9 Å². The van der Waals surface area contributed by atoms with E-state index < -0.39 is 0 Å². The average Bonchev–Trinajstić information content (AvgIpc) is 3.03. The number of amides is 1. The predicted octanol–water partition coefficient (Wildman–Crippen LogP) is 3.29. The van der Waals surface area contributed by atoms with Crippen molar-refractivity contribution in [3.8, 4) is 0 Å². The van der Waals surface area contributed by atoms with Gasteiger partial charge in [-0.1, -0.05) is 24.4 Å². The summed E-state index contributed by atoms with van der Waals surface area (Å²) >= 11 is 0. The summed E-state index contributed by atoms with van der Waals surface area (Å²) in [7, 11) is 1.97. The molecule has 0 radical (unpaired) electrons. The summed E-state index contributed by atoms with van der Waals surface area (Å²) in [5, 5.41) is 3.79. The lowest BCUT2D eigenvalue weighted by atomic mass is 9.54. The SMILES string of the molecule is CCO[C@H]1C[C@H](N(C)C(=O)CCCc2nc(C)no2)C12CCCCC2. The van der Waals surface area contributed by atoms with Crippen LogP contribution >= 0.6 is 0 Å². The van der Waals surface area contributed by atoms with Crippen molar-refractivity contribution >= 4 is 5.91 Å². The lowest BCUT2D eigenvalue weighted by Crippen LogP contribution is -2.65. The zero-order chi connectivity index (χ0) is 17.9. The Hall–Kier alpha value is -1.43. The van der Waals surface area contributed by atoms with Gasteiger partial charge in [0, 0.05) is 38.0 Å². The minimum Gasteiger partial charge on any atom is -0.378 e. The maximum Gasteiger partial charge on any atom is 0.226 e. The fourth-order valence-corrected chi connectivity index (χ4v) is 4.75. The monoisotopic (exact) mass is 349 g/mol. The second-order valence-electron chi connectivity index (χ2n) is 7.58. The summed E-state index contributed by atoms with van der Waals surface area (Å²) < 4.78 is 11.1. The second kappa shape index (κ2) is 7.85. The van der Waals surface area contributed by atoms with Gasteiger partial charge in [-0.25, -0.2) is 0 Å². The third kappa shape index (κ3) is 3.73. The molecule has 1 aromatic rings. The fourth-order valence-electron chi connectivity index (χ4n) is 4.75. The standard InChI is InChI=1S/C19H31N3O3/c1-4-24-16-13-15(19(16)11-6-5-7-12-19)22(3)18(23)10-8-9-17-20-14(2)21-25-17/h15-16H,4-13H2,1-3H3/t15-,16-/m0/s1. The van der Waals surface area contributed by atoms with E-state index >= 15 is 0 Å². The Kier molecular flexibility index (Phi) is 5.77. The van der Waals surface area contributed by atoms with Crippen LogP contribution in [-0.4, -0.2) is 46.7 Å². The highest BCUT2D eigenvalue weighted by molar-refractivity contribution is 5.76. The first kappa shape index (κ1) is 18.4. The first-order valence-corrected chi connectivity index (χ1v) is 9.73. The molecule has 1 amide bonds. The van der Waals surface area contributed by atoms with Crippen molar-refractivity contribution in [1.82, 2.24) is 15.0 Å². The minimum atomic E-state index is 0.197. The third-order valence-electron chi connectivity index (χ3n) is 6.11. The van der Waals surface area contributed by atoms with Crippen molar-refractivity contribution in [3.05, 3.63) is 11.7 Å². The van der Waals surface area contributed by atoms with Gasteiger partial charge in [-0.3, -0.25) is 4.79 Å². The Labute approximate surface area is 150 Å². The van der Waals surface area contributed by atoms with E-state index in [2.05, 4.69) is 17.1 Å². The molecule has 6 heteroatoms. The third-order valence-corrected chi connectivity index (χ3v) is 6.11.